The molecule has 0 aromatic heterocycles. The van der Waals surface area contributed by atoms with Crippen LogP contribution in [0.2, 0.25) is 0 Å². The van der Waals surface area contributed by atoms with Crippen molar-refractivity contribution in [2.45, 2.75) is 82.2 Å². The first kappa shape index (κ1) is 29.6. The summed E-state index contributed by atoms with van der Waals surface area (Å²) in [5.74, 6) is -0.360. The van der Waals surface area contributed by atoms with Crippen LogP contribution in [0.15, 0.2) is 54.6 Å². The van der Waals surface area contributed by atoms with Crippen LogP contribution in [0.4, 0.5) is 0 Å². The Morgan fingerprint density at radius 3 is 2.40 bits per heavy atom. The molecule has 2 fully saturated rings. The average molecular weight is 576 g/mol. The van der Waals surface area contributed by atoms with Crippen LogP contribution in [-0.2, 0) is 14.4 Å². The van der Waals surface area contributed by atoms with Gasteiger partial charge < -0.3 is 30.5 Å². The molecule has 5 rings (SSSR count). The lowest BCUT2D eigenvalue weighted by Gasteiger charge is -2.48. The van der Waals surface area contributed by atoms with Crippen LogP contribution in [0.3, 0.4) is 0 Å². The number of ether oxygens (including phenoxy) is 1. The highest BCUT2D eigenvalue weighted by Gasteiger charge is 2.52. The molecule has 224 valence electrons. The minimum atomic E-state index is -1.08. The van der Waals surface area contributed by atoms with E-state index in [1.807, 2.05) is 56.3 Å². The second kappa shape index (κ2) is 12.1. The summed E-state index contributed by atoms with van der Waals surface area (Å²) in [6, 6.07) is 13.9. The van der Waals surface area contributed by atoms with Crippen molar-refractivity contribution in [3.05, 3.63) is 65.7 Å². The third-order valence-electron chi connectivity index (χ3n) is 9.05. The van der Waals surface area contributed by atoms with E-state index in [9.17, 15) is 19.2 Å². The maximum absolute atomic E-state index is 14.5. The number of hydrogen-bond acceptors (Lipinski definition) is 6. The van der Waals surface area contributed by atoms with Gasteiger partial charge in [0.15, 0.2) is 0 Å². The van der Waals surface area contributed by atoms with Gasteiger partial charge in [0.2, 0.25) is 17.7 Å². The molecule has 3 N–H and O–H groups in total. The summed E-state index contributed by atoms with van der Waals surface area (Å²) in [7, 11) is 1.67. The molecular weight excluding hydrogens is 534 g/mol. The predicted octanol–water partition coefficient (Wildman–Crippen LogP) is 2.40. The number of likely N-dealkylation sites (N-methyl/N-ethyl adjacent to an activating group) is 1. The van der Waals surface area contributed by atoms with E-state index in [1.165, 1.54) is 0 Å². The second-order valence-corrected chi connectivity index (χ2v) is 11.9. The first-order valence-corrected chi connectivity index (χ1v) is 14.8. The SMILES string of the molecule is CN[C@@H](C)C(=O)N[C@@H]1C(=O)N2[C@H](CC[C@H]2C(=O)N[C@@H]2CCOc3ccccc32)CCN(C(=O)c2ccccc2)C1(C)C. The molecule has 10 nitrogen and oxygen atoms in total. The lowest BCUT2D eigenvalue weighted by molar-refractivity contribution is -0.148. The first-order valence-electron chi connectivity index (χ1n) is 14.8. The summed E-state index contributed by atoms with van der Waals surface area (Å²) in [4.78, 5) is 58.7. The van der Waals surface area contributed by atoms with Gasteiger partial charge >= 0.3 is 0 Å². The van der Waals surface area contributed by atoms with Crippen LogP contribution in [0.25, 0.3) is 0 Å². The van der Waals surface area contributed by atoms with Gasteiger partial charge in [-0.2, -0.15) is 0 Å². The molecule has 2 aromatic carbocycles. The van der Waals surface area contributed by atoms with Crippen LogP contribution in [-0.4, -0.2) is 83.3 Å². The minimum absolute atomic E-state index is 0.201. The molecule has 3 heterocycles. The van der Waals surface area contributed by atoms with E-state index in [0.717, 1.165) is 11.3 Å². The first-order chi connectivity index (χ1) is 20.1. The van der Waals surface area contributed by atoms with Gasteiger partial charge in [-0.05, 0) is 65.3 Å². The molecule has 0 radical (unpaired) electrons. The largest absolute Gasteiger partial charge is 0.493 e. The topological polar surface area (TPSA) is 120 Å². The highest BCUT2D eigenvalue weighted by molar-refractivity contribution is 5.98. The van der Waals surface area contributed by atoms with Crippen molar-refractivity contribution in [3.63, 3.8) is 0 Å². The molecule has 2 aromatic rings. The zero-order valence-electron chi connectivity index (χ0n) is 24.8. The van der Waals surface area contributed by atoms with Crippen molar-refractivity contribution in [2.75, 3.05) is 20.2 Å². The lowest BCUT2D eigenvalue weighted by Crippen LogP contribution is -2.70. The number of nitrogens with zero attached hydrogens (tertiary/aromatic N) is 2. The molecule has 0 aliphatic carbocycles. The van der Waals surface area contributed by atoms with Gasteiger partial charge in [-0.1, -0.05) is 36.4 Å². The van der Waals surface area contributed by atoms with E-state index >= 15 is 0 Å². The molecule has 42 heavy (non-hydrogen) atoms. The normalized spacial score (nSPS) is 25.7. The minimum Gasteiger partial charge on any atom is -0.493 e. The van der Waals surface area contributed by atoms with Crippen molar-refractivity contribution in [1.82, 2.24) is 25.8 Å². The van der Waals surface area contributed by atoms with Crippen molar-refractivity contribution in [1.29, 1.82) is 0 Å². The van der Waals surface area contributed by atoms with E-state index in [1.54, 1.807) is 35.9 Å². The Morgan fingerprint density at radius 2 is 1.67 bits per heavy atom. The summed E-state index contributed by atoms with van der Waals surface area (Å²) in [6.07, 6.45) is 2.31. The smallest absolute Gasteiger partial charge is 0.254 e. The molecule has 3 aliphatic heterocycles. The number of nitrogens with one attached hydrogen (secondary N) is 3. The van der Waals surface area contributed by atoms with E-state index in [2.05, 4.69) is 16.0 Å². The van der Waals surface area contributed by atoms with Crippen molar-refractivity contribution in [3.8, 4) is 5.75 Å². The lowest BCUT2D eigenvalue weighted by atomic mass is 9.87. The molecule has 2 saturated heterocycles. The van der Waals surface area contributed by atoms with E-state index in [0.29, 0.717) is 44.4 Å². The third kappa shape index (κ3) is 5.60. The Labute approximate surface area is 247 Å². The maximum atomic E-state index is 14.5. The zero-order valence-corrected chi connectivity index (χ0v) is 24.8. The molecule has 4 amide bonds. The van der Waals surface area contributed by atoms with Crippen LogP contribution in [0, 0.1) is 0 Å². The van der Waals surface area contributed by atoms with Gasteiger partial charge in [-0.25, -0.2) is 0 Å². The van der Waals surface area contributed by atoms with Crippen LogP contribution in [0.1, 0.15) is 68.4 Å². The van der Waals surface area contributed by atoms with Crippen molar-refractivity contribution in [2.24, 2.45) is 0 Å². The summed E-state index contributed by atoms with van der Waals surface area (Å²) in [5, 5.41) is 9.05. The fourth-order valence-corrected chi connectivity index (χ4v) is 6.43. The summed E-state index contributed by atoms with van der Waals surface area (Å²) in [5.41, 5.74) is 0.360. The highest BCUT2D eigenvalue weighted by atomic mass is 16.5. The Morgan fingerprint density at radius 1 is 0.952 bits per heavy atom. The molecule has 3 aliphatic rings. The Balaban J connectivity index is 1.45. The van der Waals surface area contributed by atoms with Gasteiger partial charge in [0, 0.05) is 30.1 Å². The number of para-hydroxylation sites is 1. The molecule has 5 atom stereocenters. The highest BCUT2D eigenvalue weighted by Crippen LogP contribution is 2.36. The van der Waals surface area contributed by atoms with Crippen LogP contribution >= 0.6 is 0 Å². The Kier molecular flexibility index (Phi) is 8.54. The summed E-state index contributed by atoms with van der Waals surface area (Å²) >= 11 is 0. The van der Waals surface area contributed by atoms with Gasteiger partial charge in [0.05, 0.1) is 24.2 Å². The fraction of sp³-hybridized carbons (Fsp3) is 0.500. The number of carbonyl (C=O) groups is 4. The third-order valence-corrected chi connectivity index (χ3v) is 9.05. The standard InChI is InChI=1S/C32H41N5O5/c1-20(33-4)28(38)35-27-31(41)37-22(16-18-36(32(27,2)3)30(40)21-10-6-5-7-11-21)14-15-25(37)29(39)34-24-17-19-42-26-13-9-8-12-23(24)26/h5-13,20,22,24-25,27,33H,14-19H2,1-4H3,(H,34,39)(H,35,38)/t20-,22+,24+,25-,27+/m0/s1. The monoisotopic (exact) mass is 575 g/mol. The van der Waals surface area contributed by atoms with E-state index in [-0.39, 0.29) is 35.7 Å². The quantitative estimate of drug-likeness (QED) is 0.487. The maximum Gasteiger partial charge on any atom is 0.254 e. The van der Waals surface area contributed by atoms with Crippen molar-refractivity contribution >= 4 is 23.6 Å². The van der Waals surface area contributed by atoms with Gasteiger partial charge in [0.1, 0.15) is 17.8 Å². The number of hydrogen-bond donors (Lipinski definition) is 3. The molecule has 0 saturated carbocycles. The second-order valence-electron chi connectivity index (χ2n) is 11.9. The van der Waals surface area contributed by atoms with Gasteiger partial charge in [-0.3, -0.25) is 19.2 Å². The van der Waals surface area contributed by atoms with Crippen LogP contribution < -0.4 is 20.7 Å². The Bertz CT molecular complexity index is 1330. The fourth-order valence-electron chi connectivity index (χ4n) is 6.43. The molecule has 0 spiro atoms. The molecule has 0 unspecified atom stereocenters. The molecule has 10 heteroatoms. The summed E-state index contributed by atoms with van der Waals surface area (Å²) < 4.78 is 5.76. The van der Waals surface area contributed by atoms with Gasteiger partial charge in [0.25, 0.3) is 5.91 Å². The van der Waals surface area contributed by atoms with Crippen LogP contribution in [0.5, 0.6) is 5.75 Å². The predicted molar refractivity (Wildman–Crippen MR) is 158 cm³/mol. The Hall–Kier alpha value is -3.92. The number of rotatable bonds is 6. The number of carbonyl (C=O) groups excluding carboxylic acids is 4. The van der Waals surface area contributed by atoms with Crippen molar-refractivity contribution < 1.29 is 23.9 Å². The van der Waals surface area contributed by atoms with E-state index < -0.39 is 23.7 Å². The molecule has 0 bridgehead atoms. The van der Waals surface area contributed by atoms with Gasteiger partial charge in [-0.15, -0.1) is 0 Å². The zero-order chi connectivity index (χ0) is 30.0. The average Bonchev–Trinajstić information content (AvgIpc) is 3.42. The van der Waals surface area contributed by atoms with E-state index in [4.69, 9.17) is 4.74 Å². The molecular formula is C32H41N5O5. The summed E-state index contributed by atoms with van der Waals surface area (Å²) in [6.45, 7) is 6.21. The number of amides is 4. The number of benzene rings is 2. The number of fused-ring (bicyclic) bond motifs is 2.